The van der Waals surface area contributed by atoms with Crippen LogP contribution in [0.2, 0.25) is 0 Å². The molecule has 1 aromatic carbocycles. The van der Waals surface area contributed by atoms with Crippen LogP contribution in [-0.4, -0.2) is 38.2 Å². The van der Waals surface area contributed by atoms with Crippen molar-refractivity contribution < 1.29 is 22.8 Å². The average Bonchev–Trinajstić information content (AvgIpc) is 3.17. The molecule has 3 heterocycles. The van der Waals surface area contributed by atoms with E-state index in [2.05, 4.69) is 14.7 Å². The third kappa shape index (κ3) is 3.41. The van der Waals surface area contributed by atoms with Crippen molar-refractivity contribution in [3.05, 3.63) is 29.8 Å². The zero-order chi connectivity index (χ0) is 19.2. The molecule has 10 heteroatoms. The molecule has 1 aromatic heterocycles. The lowest BCUT2D eigenvalue weighted by atomic mass is 10.0. The van der Waals surface area contributed by atoms with Gasteiger partial charge < -0.3 is 4.90 Å². The highest BCUT2D eigenvalue weighted by molar-refractivity contribution is 7.10. The van der Waals surface area contributed by atoms with Gasteiger partial charge >= 0.3 is 12.2 Å². The first-order valence-corrected chi connectivity index (χ1v) is 9.21. The lowest BCUT2D eigenvalue weighted by Crippen LogP contribution is -2.48. The molecule has 2 amide bonds. The summed E-state index contributed by atoms with van der Waals surface area (Å²) in [5.74, 6) is 0.0773. The third-order valence-electron chi connectivity index (χ3n) is 4.89. The summed E-state index contributed by atoms with van der Waals surface area (Å²) in [6, 6.07) is 4.43. The topological polar surface area (TPSA) is 75.2 Å². The van der Waals surface area contributed by atoms with Crippen molar-refractivity contribution in [1.82, 2.24) is 14.3 Å². The summed E-state index contributed by atoms with van der Waals surface area (Å²) in [6.07, 6.45) is -2.26. The average molecular weight is 396 g/mol. The number of amides is 2. The monoisotopic (exact) mass is 396 g/mol. The number of benzene rings is 1. The number of nitrogens with zero attached hydrogens (tertiary/aromatic N) is 3. The molecule has 2 unspecified atom stereocenters. The fourth-order valence-corrected chi connectivity index (χ4v) is 4.34. The highest BCUT2D eigenvalue weighted by atomic mass is 32.1. The number of halogens is 3. The second-order valence-electron chi connectivity index (χ2n) is 6.64. The maximum absolute atomic E-state index is 13.2. The van der Waals surface area contributed by atoms with E-state index in [9.17, 15) is 22.8 Å². The van der Waals surface area contributed by atoms with E-state index in [0.29, 0.717) is 12.8 Å². The number of Topliss-reactive ketones (excluding diaryl/α,β-unsaturated/α-hetero) is 1. The standard InChI is InChI=1S/C17H15F3N4O2S/c18-17(19,20)13-4-2-1-3-12(13)14-21-15(27-23-14)22-16(26)24-9-5-6-10(24)8-11(25)7-9/h1-4,9-10H,5-8H2,(H,21,22,23,26). The smallest absolute Gasteiger partial charge is 0.318 e. The first kappa shape index (κ1) is 17.9. The molecule has 2 aliphatic rings. The molecule has 0 saturated carbocycles. The van der Waals surface area contributed by atoms with E-state index < -0.39 is 11.7 Å². The SMILES string of the molecule is O=C1CC2CCC(C1)N2C(=O)Nc1nc(-c2ccccc2C(F)(F)F)ns1. The van der Waals surface area contributed by atoms with Gasteiger partial charge in [-0.2, -0.15) is 22.5 Å². The summed E-state index contributed by atoms with van der Waals surface area (Å²) in [6.45, 7) is 0. The Bertz CT molecular complexity index is 882. The molecule has 142 valence electrons. The van der Waals surface area contributed by atoms with Crippen molar-refractivity contribution in [2.24, 2.45) is 0 Å². The molecule has 4 rings (SSSR count). The van der Waals surface area contributed by atoms with Gasteiger partial charge in [-0.3, -0.25) is 10.1 Å². The Hall–Kier alpha value is -2.49. The molecule has 6 nitrogen and oxygen atoms in total. The molecule has 2 aromatic rings. The Labute approximate surface area is 156 Å². The first-order valence-electron chi connectivity index (χ1n) is 8.44. The summed E-state index contributed by atoms with van der Waals surface area (Å²) in [7, 11) is 0. The summed E-state index contributed by atoms with van der Waals surface area (Å²) in [4.78, 5) is 29.9. The second kappa shape index (κ2) is 6.59. The predicted octanol–water partition coefficient (Wildman–Crippen LogP) is 3.95. The molecule has 2 saturated heterocycles. The number of aromatic nitrogens is 2. The van der Waals surface area contributed by atoms with Crippen LogP contribution in [0.25, 0.3) is 11.4 Å². The normalized spacial score (nSPS) is 22.2. The zero-order valence-electron chi connectivity index (χ0n) is 14.0. The van der Waals surface area contributed by atoms with Crippen molar-refractivity contribution in [1.29, 1.82) is 0 Å². The number of carbonyl (C=O) groups excluding carboxylic acids is 2. The number of hydrogen-bond donors (Lipinski definition) is 1. The van der Waals surface area contributed by atoms with Crippen LogP contribution in [0.1, 0.15) is 31.2 Å². The minimum absolute atomic E-state index is 0.0833. The molecule has 0 aliphatic carbocycles. The molecular weight excluding hydrogens is 381 g/mol. The molecule has 2 aliphatic heterocycles. The number of urea groups is 1. The van der Waals surface area contributed by atoms with E-state index in [1.54, 1.807) is 4.90 Å². The van der Waals surface area contributed by atoms with Crippen LogP contribution in [0, 0.1) is 0 Å². The predicted molar refractivity (Wildman–Crippen MR) is 92.3 cm³/mol. The van der Waals surface area contributed by atoms with Crippen LogP contribution in [0.15, 0.2) is 24.3 Å². The van der Waals surface area contributed by atoms with E-state index >= 15 is 0 Å². The van der Waals surface area contributed by atoms with E-state index in [1.165, 1.54) is 18.2 Å². The van der Waals surface area contributed by atoms with Crippen LogP contribution in [0.5, 0.6) is 0 Å². The van der Waals surface area contributed by atoms with Crippen molar-refractivity contribution in [3.8, 4) is 11.4 Å². The fraction of sp³-hybridized carbons (Fsp3) is 0.412. The zero-order valence-corrected chi connectivity index (χ0v) is 14.8. The fourth-order valence-electron chi connectivity index (χ4n) is 3.77. The number of hydrogen-bond acceptors (Lipinski definition) is 5. The Balaban J connectivity index is 1.53. The largest absolute Gasteiger partial charge is 0.417 e. The Morgan fingerprint density at radius 2 is 1.85 bits per heavy atom. The van der Waals surface area contributed by atoms with Crippen LogP contribution in [0.3, 0.4) is 0 Å². The lowest BCUT2D eigenvalue weighted by molar-refractivity contribution is -0.137. The number of piperidine rings is 1. The summed E-state index contributed by atoms with van der Waals surface area (Å²) in [5.41, 5.74) is -0.960. The Morgan fingerprint density at radius 3 is 2.52 bits per heavy atom. The van der Waals surface area contributed by atoms with Gasteiger partial charge in [-0.05, 0) is 18.9 Å². The summed E-state index contributed by atoms with van der Waals surface area (Å²) >= 11 is 0.825. The van der Waals surface area contributed by atoms with E-state index in [4.69, 9.17) is 0 Å². The van der Waals surface area contributed by atoms with Gasteiger partial charge in [-0.25, -0.2) is 4.79 Å². The molecule has 0 spiro atoms. The van der Waals surface area contributed by atoms with Gasteiger partial charge in [0.1, 0.15) is 5.78 Å². The van der Waals surface area contributed by atoms with Gasteiger partial charge in [0.2, 0.25) is 5.13 Å². The maximum Gasteiger partial charge on any atom is 0.417 e. The van der Waals surface area contributed by atoms with Gasteiger partial charge in [0, 0.05) is 42.0 Å². The van der Waals surface area contributed by atoms with Gasteiger partial charge in [0.25, 0.3) is 0 Å². The number of ketones is 1. The van der Waals surface area contributed by atoms with Gasteiger partial charge in [0.05, 0.1) is 5.56 Å². The maximum atomic E-state index is 13.2. The number of rotatable bonds is 2. The van der Waals surface area contributed by atoms with Crippen LogP contribution in [0.4, 0.5) is 23.1 Å². The molecule has 1 N–H and O–H groups in total. The van der Waals surface area contributed by atoms with Crippen LogP contribution >= 0.6 is 11.5 Å². The van der Waals surface area contributed by atoms with E-state index in [0.717, 1.165) is 30.4 Å². The highest BCUT2D eigenvalue weighted by Crippen LogP contribution is 2.37. The number of carbonyl (C=O) groups is 2. The number of anilines is 1. The molecule has 2 bridgehead atoms. The molecule has 0 radical (unpaired) electrons. The Kier molecular flexibility index (Phi) is 4.37. The lowest BCUT2D eigenvalue weighted by Gasteiger charge is -2.33. The van der Waals surface area contributed by atoms with E-state index in [-0.39, 0.29) is 40.4 Å². The molecular formula is C17H15F3N4O2S. The second-order valence-corrected chi connectivity index (χ2v) is 7.39. The van der Waals surface area contributed by atoms with Gasteiger partial charge in [-0.1, -0.05) is 18.2 Å². The highest BCUT2D eigenvalue weighted by Gasteiger charge is 2.43. The minimum atomic E-state index is -4.52. The number of alkyl halides is 3. The third-order valence-corrected chi connectivity index (χ3v) is 5.52. The quantitative estimate of drug-likeness (QED) is 0.834. The van der Waals surface area contributed by atoms with Crippen molar-refractivity contribution in [3.63, 3.8) is 0 Å². The van der Waals surface area contributed by atoms with Crippen LogP contribution < -0.4 is 5.32 Å². The number of fused-ring (bicyclic) bond motifs is 2. The van der Waals surface area contributed by atoms with Gasteiger partial charge in [0.15, 0.2) is 5.82 Å². The van der Waals surface area contributed by atoms with Crippen molar-refractivity contribution in [2.75, 3.05) is 5.32 Å². The first-order chi connectivity index (χ1) is 12.8. The summed E-state index contributed by atoms with van der Waals surface area (Å²) in [5, 5.41) is 2.74. The Morgan fingerprint density at radius 1 is 1.19 bits per heavy atom. The molecule has 27 heavy (non-hydrogen) atoms. The minimum Gasteiger partial charge on any atom is -0.318 e. The van der Waals surface area contributed by atoms with Crippen molar-refractivity contribution in [2.45, 2.75) is 43.9 Å². The van der Waals surface area contributed by atoms with Crippen LogP contribution in [-0.2, 0) is 11.0 Å². The molecule has 2 atom stereocenters. The van der Waals surface area contributed by atoms with E-state index in [1.807, 2.05) is 0 Å². The van der Waals surface area contributed by atoms with Gasteiger partial charge in [-0.15, -0.1) is 0 Å². The summed E-state index contributed by atoms with van der Waals surface area (Å²) < 4.78 is 43.5. The number of nitrogens with one attached hydrogen (secondary N) is 1. The molecule has 2 fully saturated rings. The van der Waals surface area contributed by atoms with Crippen molar-refractivity contribution >= 4 is 28.5 Å².